The molecule has 9 nitrogen and oxygen atoms in total. The van der Waals surface area contributed by atoms with E-state index in [1.54, 1.807) is 18.3 Å². The lowest BCUT2D eigenvalue weighted by molar-refractivity contribution is -0.386. The number of nitrogens with one attached hydrogen (secondary N) is 1. The number of nitrogens with zero attached hydrogens (tertiary/aromatic N) is 1. The van der Waals surface area contributed by atoms with Gasteiger partial charge in [-0.25, -0.2) is 4.79 Å². The summed E-state index contributed by atoms with van der Waals surface area (Å²) in [5.74, 6) is -2.46. The molecular weight excluding hydrogens is 448 g/mol. The zero-order chi connectivity index (χ0) is 23.9. The molecule has 4 rings (SSSR count). The van der Waals surface area contributed by atoms with Gasteiger partial charge in [-0.05, 0) is 36.4 Å². The number of allylic oxidation sites excluding steroid dienone is 3. The highest BCUT2D eigenvalue weighted by Gasteiger charge is 2.42. The molecule has 1 aromatic carbocycles. The molecule has 2 heterocycles. The molecule has 2 aliphatic rings. The van der Waals surface area contributed by atoms with E-state index in [4.69, 9.17) is 9.47 Å². The van der Waals surface area contributed by atoms with Gasteiger partial charge in [-0.1, -0.05) is 6.07 Å². The van der Waals surface area contributed by atoms with E-state index in [-0.39, 0.29) is 35.0 Å². The van der Waals surface area contributed by atoms with Crippen molar-refractivity contribution in [3.05, 3.63) is 72.7 Å². The van der Waals surface area contributed by atoms with Crippen molar-refractivity contribution in [3.8, 4) is 11.5 Å². The molecule has 172 valence electrons. The maximum atomic E-state index is 13.4. The Labute approximate surface area is 193 Å². The van der Waals surface area contributed by atoms with Crippen LogP contribution in [0, 0.1) is 10.1 Å². The molecule has 33 heavy (non-hydrogen) atoms. The molecule has 1 aliphatic carbocycles. The Kier molecular flexibility index (Phi) is 5.94. The summed E-state index contributed by atoms with van der Waals surface area (Å²) in [4.78, 5) is 38.1. The molecule has 2 atom stereocenters. The summed E-state index contributed by atoms with van der Waals surface area (Å²) in [7, 11) is 2.51. The van der Waals surface area contributed by atoms with Crippen molar-refractivity contribution in [2.24, 2.45) is 0 Å². The Balaban J connectivity index is 1.91. The number of nitro benzene ring substituents is 1. The minimum atomic E-state index is -0.904. The first-order valence-electron chi connectivity index (χ1n) is 10.2. The molecule has 0 saturated heterocycles. The predicted octanol–water partition coefficient (Wildman–Crippen LogP) is 3.91. The normalized spacial score (nSPS) is 20.3. The van der Waals surface area contributed by atoms with E-state index in [0.717, 1.165) is 4.88 Å². The number of hydrogen-bond donors (Lipinski definition) is 2. The summed E-state index contributed by atoms with van der Waals surface area (Å²) >= 11 is 1.58. The van der Waals surface area contributed by atoms with E-state index in [2.05, 4.69) is 5.32 Å². The number of dihydropyridines is 1. The van der Waals surface area contributed by atoms with Crippen molar-refractivity contribution < 1.29 is 29.1 Å². The lowest BCUT2D eigenvalue weighted by Gasteiger charge is -2.36. The highest BCUT2D eigenvalue weighted by Crippen LogP contribution is 2.49. The van der Waals surface area contributed by atoms with Gasteiger partial charge in [0.2, 0.25) is 5.75 Å². The van der Waals surface area contributed by atoms with Gasteiger partial charge in [0.15, 0.2) is 11.5 Å². The molecule has 0 fully saturated rings. The quantitative estimate of drug-likeness (QED) is 0.382. The fourth-order valence-corrected chi connectivity index (χ4v) is 5.38. The fourth-order valence-electron chi connectivity index (χ4n) is 4.55. The molecule has 1 aromatic heterocycles. The summed E-state index contributed by atoms with van der Waals surface area (Å²) in [5.41, 5.74) is 1.44. The monoisotopic (exact) mass is 470 g/mol. The number of phenolic OH excluding ortho intramolecular Hbond substituents is 1. The SMILES string of the molecule is COC(=O)C1=C(C)NC2=C(C(=O)C[C@H](c3cccs3)C2)[C@@H]1c1cc(OC)c(O)c([N+](=O)[O-])c1. The van der Waals surface area contributed by atoms with Crippen LogP contribution in [0.1, 0.15) is 42.0 Å². The number of aromatic hydroxyl groups is 1. The molecule has 10 heteroatoms. The molecule has 0 saturated carbocycles. The Morgan fingerprint density at radius 3 is 2.67 bits per heavy atom. The molecule has 0 unspecified atom stereocenters. The van der Waals surface area contributed by atoms with Crippen LogP contribution >= 0.6 is 11.3 Å². The number of ketones is 1. The van der Waals surface area contributed by atoms with Gasteiger partial charge in [0.1, 0.15) is 0 Å². The summed E-state index contributed by atoms with van der Waals surface area (Å²) in [6.45, 7) is 1.70. The Bertz CT molecular complexity index is 1210. The van der Waals surface area contributed by atoms with Crippen molar-refractivity contribution in [2.75, 3.05) is 14.2 Å². The number of carbonyl (C=O) groups excluding carboxylic acids is 2. The topological polar surface area (TPSA) is 128 Å². The number of phenols is 1. The minimum absolute atomic E-state index is 0.000525. The van der Waals surface area contributed by atoms with E-state index in [1.165, 1.54) is 26.4 Å². The molecule has 2 N–H and O–H groups in total. The Morgan fingerprint density at radius 2 is 2.06 bits per heavy atom. The van der Waals surface area contributed by atoms with Gasteiger partial charge in [0.05, 0.1) is 24.7 Å². The van der Waals surface area contributed by atoms with Crippen LogP contribution in [0.5, 0.6) is 11.5 Å². The van der Waals surface area contributed by atoms with Crippen LogP contribution < -0.4 is 10.1 Å². The van der Waals surface area contributed by atoms with Gasteiger partial charge >= 0.3 is 11.7 Å². The van der Waals surface area contributed by atoms with Crippen LogP contribution in [-0.2, 0) is 14.3 Å². The van der Waals surface area contributed by atoms with Gasteiger partial charge in [0, 0.05) is 46.2 Å². The van der Waals surface area contributed by atoms with Gasteiger partial charge in [-0.3, -0.25) is 14.9 Å². The second kappa shape index (κ2) is 8.70. The first-order chi connectivity index (χ1) is 15.8. The van der Waals surface area contributed by atoms with Gasteiger partial charge < -0.3 is 19.9 Å². The number of ether oxygens (including phenoxy) is 2. The van der Waals surface area contributed by atoms with Crippen LogP contribution in [0.25, 0.3) is 0 Å². The lowest BCUT2D eigenvalue weighted by Crippen LogP contribution is -2.35. The van der Waals surface area contributed by atoms with Crippen LogP contribution in [0.2, 0.25) is 0 Å². The highest BCUT2D eigenvalue weighted by atomic mass is 32.1. The average Bonchev–Trinajstić information content (AvgIpc) is 3.32. The minimum Gasteiger partial charge on any atom is -0.500 e. The number of carbonyl (C=O) groups is 2. The number of esters is 1. The van der Waals surface area contributed by atoms with E-state index in [1.807, 2.05) is 17.5 Å². The first kappa shape index (κ1) is 22.5. The molecule has 0 amide bonds. The number of thiophene rings is 1. The number of methoxy groups -OCH3 is 2. The molecular formula is C23H22N2O7S. The lowest BCUT2D eigenvalue weighted by atomic mass is 9.72. The maximum absolute atomic E-state index is 13.4. The summed E-state index contributed by atoms with van der Waals surface area (Å²) in [6.07, 6.45) is 0.809. The number of benzene rings is 1. The summed E-state index contributed by atoms with van der Waals surface area (Å²) in [5, 5.41) is 27.0. The van der Waals surface area contributed by atoms with E-state index < -0.39 is 28.2 Å². The van der Waals surface area contributed by atoms with Gasteiger partial charge in [-0.15, -0.1) is 11.3 Å². The maximum Gasteiger partial charge on any atom is 0.336 e. The highest BCUT2D eigenvalue weighted by molar-refractivity contribution is 7.10. The van der Waals surface area contributed by atoms with Crippen molar-refractivity contribution in [1.82, 2.24) is 5.32 Å². The van der Waals surface area contributed by atoms with Crippen molar-refractivity contribution in [1.29, 1.82) is 0 Å². The third-order valence-corrected chi connectivity index (χ3v) is 7.04. The molecule has 0 radical (unpaired) electrons. The molecule has 0 bridgehead atoms. The predicted molar refractivity (Wildman–Crippen MR) is 120 cm³/mol. The van der Waals surface area contributed by atoms with Crippen LogP contribution in [0.4, 0.5) is 5.69 Å². The number of rotatable bonds is 5. The smallest absolute Gasteiger partial charge is 0.336 e. The Hall–Kier alpha value is -3.66. The van der Waals surface area contributed by atoms with Gasteiger partial charge in [0.25, 0.3) is 0 Å². The zero-order valence-electron chi connectivity index (χ0n) is 18.2. The number of hydrogen-bond acceptors (Lipinski definition) is 9. The second-order valence-corrected chi connectivity index (χ2v) is 8.85. The van der Waals surface area contributed by atoms with Gasteiger partial charge in [-0.2, -0.15) is 0 Å². The average molecular weight is 471 g/mol. The van der Waals surface area contributed by atoms with Crippen LogP contribution in [0.15, 0.2) is 52.2 Å². The second-order valence-electron chi connectivity index (χ2n) is 7.87. The number of Topliss-reactive ketones (excluding diaryl/α,β-unsaturated/α-hetero) is 1. The summed E-state index contributed by atoms with van der Waals surface area (Å²) in [6, 6.07) is 6.52. The zero-order valence-corrected chi connectivity index (χ0v) is 19.0. The standard InChI is InChI=1S/C23H22N2O7S/c1-11-19(23(28)32-3)20(13-8-15(25(29)30)22(27)17(10-13)31-2)21-14(24-11)7-12(9-16(21)26)18-5-4-6-33-18/h4-6,8,10,12,20,24,27H,7,9H2,1-3H3/t12-,20-/m1/s1. The number of nitro groups is 1. The van der Waals surface area contributed by atoms with E-state index in [9.17, 15) is 24.8 Å². The van der Waals surface area contributed by atoms with E-state index in [0.29, 0.717) is 23.4 Å². The van der Waals surface area contributed by atoms with Crippen LogP contribution in [0.3, 0.4) is 0 Å². The Morgan fingerprint density at radius 1 is 1.30 bits per heavy atom. The summed E-state index contributed by atoms with van der Waals surface area (Å²) < 4.78 is 10.1. The van der Waals surface area contributed by atoms with Crippen molar-refractivity contribution in [3.63, 3.8) is 0 Å². The van der Waals surface area contributed by atoms with Crippen molar-refractivity contribution >= 4 is 28.8 Å². The van der Waals surface area contributed by atoms with Crippen molar-refractivity contribution in [2.45, 2.75) is 31.6 Å². The third-order valence-electron chi connectivity index (χ3n) is 6.01. The fraction of sp³-hybridized carbons (Fsp3) is 0.304. The van der Waals surface area contributed by atoms with E-state index >= 15 is 0 Å². The third kappa shape index (κ3) is 3.86. The first-order valence-corrected chi connectivity index (χ1v) is 11.1. The largest absolute Gasteiger partial charge is 0.500 e. The molecule has 0 spiro atoms. The van der Waals surface area contributed by atoms with Crippen LogP contribution in [-0.4, -0.2) is 36.0 Å². The molecule has 2 aromatic rings. The molecule has 1 aliphatic heterocycles.